The van der Waals surface area contributed by atoms with Gasteiger partial charge in [0.2, 0.25) is 5.54 Å². The van der Waals surface area contributed by atoms with Gasteiger partial charge in [0.25, 0.3) is 0 Å². The number of piperidine rings is 1. The molecule has 4 atom stereocenters. The third kappa shape index (κ3) is 10.8. The van der Waals surface area contributed by atoms with Gasteiger partial charge in [-0.05, 0) is 98.0 Å². The zero-order valence-corrected chi connectivity index (χ0v) is 29.3. The molecule has 2 saturated heterocycles. The first kappa shape index (κ1) is 38.5. The maximum atomic E-state index is 13.4. The minimum absolute atomic E-state index is 0.00731. The van der Waals surface area contributed by atoms with E-state index in [1.54, 1.807) is 65.8 Å². The zero-order valence-electron chi connectivity index (χ0n) is 29.3. The Morgan fingerprint density at radius 2 is 1.52 bits per heavy atom. The smallest absolute Gasteiger partial charge is 0.411 e. The van der Waals surface area contributed by atoms with Gasteiger partial charge in [0.1, 0.15) is 35.4 Å². The fourth-order valence-corrected chi connectivity index (χ4v) is 5.73. The Bertz CT molecular complexity index is 1300. The molecule has 1 amide bonds. The molecule has 2 fully saturated rings. The van der Waals surface area contributed by atoms with E-state index in [1.165, 1.54) is 4.90 Å². The number of cyclic esters (lactones) is 1. The van der Waals surface area contributed by atoms with Gasteiger partial charge in [-0.1, -0.05) is 18.6 Å². The molecule has 5 N–H and O–H groups in total. The number of hydrogen-bond acceptors (Lipinski definition) is 12. The number of methoxy groups -OCH3 is 1. The average molecular weight is 676 g/mol. The first-order chi connectivity index (χ1) is 22.3. The Balaban J connectivity index is 1.66. The van der Waals surface area contributed by atoms with Crippen molar-refractivity contribution in [2.24, 2.45) is 11.5 Å². The molecule has 0 aromatic heterocycles. The summed E-state index contributed by atoms with van der Waals surface area (Å²) in [6.45, 7) is 12.1. The van der Waals surface area contributed by atoms with E-state index in [0.717, 1.165) is 39.5 Å². The summed E-state index contributed by atoms with van der Waals surface area (Å²) in [5.41, 5.74) is 9.09. The minimum atomic E-state index is -2.05. The van der Waals surface area contributed by atoms with E-state index < -0.39 is 52.9 Å². The fraction of sp³-hybridized carbons (Fsp3) is 0.676. The Morgan fingerprint density at radius 1 is 0.938 bits per heavy atom. The summed E-state index contributed by atoms with van der Waals surface area (Å²) >= 11 is 0. The average Bonchev–Trinajstić information content (AvgIpc) is 3.36. The van der Waals surface area contributed by atoms with Gasteiger partial charge in [0.05, 0.1) is 19.7 Å². The van der Waals surface area contributed by atoms with Crippen LogP contribution in [0.1, 0.15) is 79.2 Å². The van der Waals surface area contributed by atoms with E-state index in [1.807, 2.05) is 0 Å². The van der Waals surface area contributed by atoms with Gasteiger partial charge in [-0.2, -0.15) is 0 Å². The highest BCUT2D eigenvalue weighted by Crippen LogP contribution is 2.26. The van der Waals surface area contributed by atoms with Gasteiger partial charge >= 0.3 is 24.0 Å². The van der Waals surface area contributed by atoms with Crippen LogP contribution in [-0.4, -0.2) is 108 Å². The van der Waals surface area contributed by atoms with Gasteiger partial charge in [-0.15, -0.1) is 0 Å². The first-order valence-electron chi connectivity index (χ1n) is 16.4. The molecule has 14 heteroatoms. The summed E-state index contributed by atoms with van der Waals surface area (Å²) in [6, 6.07) is 5.33. The van der Waals surface area contributed by atoms with Crippen molar-refractivity contribution in [2.45, 2.75) is 115 Å². The van der Waals surface area contributed by atoms with Gasteiger partial charge in [-0.3, -0.25) is 15.2 Å². The van der Waals surface area contributed by atoms with Crippen molar-refractivity contribution in [3.63, 3.8) is 0 Å². The summed E-state index contributed by atoms with van der Waals surface area (Å²) in [5, 5.41) is 8.19. The molecule has 3 rings (SSSR count). The number of benzene rings is 1. The second kappa shape index (κ2) is 16.0. The molecule has 4 unspecified atom stereocenters. The monoisotopic (exact) mass is 675 g/mol. The van der Waals surface area contributed by atoms with E-state index in [9.17, 15) is 19.2 Å². The highest BCUT2D eigenvalue weighted by Gasteiger charge is 2.47. The number of ether oxygens (including phenoxy) is 5. The lowest BCUT2D eigenvalue weighted by Gasteiger charge is -2.35. The van der Waals surface area contributed by atoms with Crippen LogP contribution in [0.25, 0.3) is 0 Å². The number of hydrogen-bond donors (Lipinski definition) is 3. The van der Waals surface area contributed by atoms with E-state index >= 15 is 0 Å². The number of esters is 3. The normalized spacial score (nSPS) is 19.8. The van der Waals surface area contributed by atoms with Crippen LogP contribution in [0.2, 0.25) is 0 Å². The van der Waals surface area contributed by atoms with Crippen molar-refractivity contribution in [1.82, 2.24) is 9.80 Å². The number of amidine groups is 1. The summed E-state index contributed by atoms with van der Waals surface area (Å²) in [6.07, 6.45) is 2.34. The predicted molar refractivity (Wildman–Crippen MR) is 177 cm³/mol. The van der Waals surface area contributed by atoms with Crippen molar-refractivity contribution in [1.29, 1.82) is 5.41 Å². The van der Waals surface area contributed by atoms with E-state index in [0.29, 0.717) is 17.7 Å². The summed E-state index contributed by atoms with van der Waals surface area (Å²) in [7, 11) is 1.15. The maximum Gasteiger partial charge on any atom is 0.411 e. The lowest BCUT2D eigenvalue weighted by atomic mass is 9.91. The SMILES string of the molecule is COC(=O)C(N)(Cc1ccc(OCC2CN(C(CCC(C(=N)N)N3CCCCC3)C(=O)OC(C)(C)C)C(=O)O2)cc1)C(=O)OC(C)(C)C. The van der Waals surface area contributed by atoms with Crippen molar-refractivity contribution >= 4 is 29.8 Å². The largest absolute Gasteiger partial charge is 0.490 e. The number of rotatable bonds is 14. The Hall–Kier alpha value is -3.91. The molecule has 48 heavy (non-hydrogen) atoms. The van der Waals surface area contributed by atoms with Gasteiger partial charge in [-0.25, -0.2) is 19.2 Å². The highest BCUT2D eigenvalue weighted by molar-refractivity contribution is 6.05. The third-order valence-corrected chi connectivity index (χ3v) is 8.02. The molecule has 1 aromatic carbocycles. The van der Waals surface area contributed by atoms with Gasteiger partial charge < -0.3 is 35.2 Å². The van der Waals surface area contributed by atoms with Crippen LogP contribution in [0, 0.1) is 5.41 Å². The number of nitrogens with zero attached hydrogens (tertiary/aromatic N) is 2. The van der Waals surface area contributed by atoms with Gasteiger partial charge in [0, 0.05) is 6.42 Å². The zero-order chi connectivity index (χ0) is 35.9. The Kier molecular flexibility index (Phi) is 12.8. The molecule has 2 heterocycles. The summed E-state index contributed by atoms with van der Waals surface area (Å²) in [4.78, 5) is 55.3. The molecule has 2 aliphatic heterocycles. The first-order valence-corrected chi connectivity index (χ1v) is 16.4. The Morgan fingerprint density at radius 3 is 2.06 bits per heavy atom. The number of amides is 1. The van der Waals surface area contributed by atoms with Crippen LogP contribution in [-0.2, 0) is 39.8 Å². The van der Waals surface area contributed by atoms with Gasteiger partial charge in [0.15, 0.2) is 6.10 Å². The predicted octanol–water partition coefficient (Wildman–Crippen LogP) is 2.92. The molecular weight excluding hydrogens is 622 g/mol. The third-order valence-electron chi connectivity index (χ3n) is 8.02. The quantitative estimate of drug-likeness (QED) is 0.0859. The molecule has 1 aromatic rings. The maximum absolute atomic E-state index is 13.4. The number of carbonyl (C=O) groups is 4. The molecule has 0 saturated carbocycles. The fourth-order valence-electron chi connectivity index (χ4n) is 5.73. The van der Waals surface area contributed by atoms with Crippen molar-refractivity contribution in [3.8, 4) is 5.75 Å². The van der Waals surface area contributed by atoms with Crippen LogP contribution >= 0.6 is 0 Å². The summed E-state index contributed by atoms with van der Waals surface area (Å²) in [5.74, 6) is -1.89. The van der Waals surface area contributed by atoms with Crippen molar-refractivity contribution < 1.29 is 42.9 Å². The second-order valence-electron chi connectivity index (χ2n) is 14.4. The molecular formula is C34H53N5O9. The number of nitrogens with one attached hydrogen (secondary N) is 1. The number of nitrogens with two attached hydrogens (primary N) is 2. The van der Waals surface area contributed by atoms with Crippen LogP contribution in [0.5, 0.6) is 5.75 Å². The molecule has 0 bridgehead atoms. The topological polar surface area (TPSA) is 197 Å². The van der Waals surface area contributed by atoms with Crippen LogP contribution < -0.4 is 16.2 Å². The molecule has 14 nitrogen and oxygen atoms in total. The number of carbonyl (C=O) groups excluding carboxylic acids is 4. The second-order valence-corrected chi connectivity index (χ2v) is 14.4. The molecule has 0 radical (unpaired) electrons. The molecule has 0 spiro atoms. The Labute approximate surface area is 283 Å². The number of likely N-dealkylation sites (tertiary alicyclic amines) is 1. The minimum Gasteiger partial charge on any atom is -0.490 e. The lowest BCUT2D eigenvalue weighted by molar-refractivity contribution is -0.170. The van der Waals surface area contributed by atoms with Crippen LogP contribution in [0.4, 0.5) is 4.79 Å². The van der Waals surface area contributed by atoms with Crippen LogP contribution in [0.3, 0.4) is 0 Å². The standard InChI is InChI=1S/C34H53N5O9/c1-32(2,3)47-28(40)26(16-15-25(27(35)36)38-17-9-8-10-18-38)39-20-24(46-31(39)43)21-45-23-13-11-22(12-14-23)19-34(37,29(41)44-7)30(42)48-33(4,5)6/h11-14,24-26H,8-10,15-21,37H2,1-7H3,(H3,35,36). The van der Waals surface area contributed by atoms with Crippen LogP contribution in [0.15, 0.2) is 24.3 Å². The highest BCUT2D eigenvalue weighted by atomic mass is 16.6. The molecule has 2 aliphatic rings. The molecule has 268 valence electrons. The van der Waals surface area contributed by atoms with E-state index in [2.05, 4.69) is 4.90 Å². The van der Waals surface area contributed by atoms with E-state index in [-0.39, 0.29) is 37.9 Å². The summed E-state index contributed by atoms with van der Waals surface area (Å²) < 4.78 is 27.3. The van der Waals surface area contributed by atoms with Crippen molar-refractivity contribution in [2.75, 3.05) is 33.4 Å². The van der Waals surface area contributed by atoms with E-state index in [4.69, 9.17) is 40.6 Å². The van der Waals surface area contributed by atoms with Crippen molar-refractivity contribution in [3.05, 3.63) is 29.8 Å². The molecule has 0 aliphatic carbocycles. The lowest BCUT2D eigenvalue weighted by Crippen LogP contribution is -2.59.